The highest BCUT2D eigenvalue weighted by Gasteiger charge is 2.35. The smallest absolute Gasteiger partial charge is 0.257 e. The predicted octanol–water partition coefficient (Wildman–Crippen LogP) is -0.267. The third-order valence-electron chi connectivity index (χ3n) is 4.50. The fraction of sp³-hybridized carbons (Fsp3) is 0.714. The summed E-state index contributed by atoms with van der Waals surface area (Å²) in [5, 5.41) is 6.69. The van der Waals surface area contributed by atoms with E-state index >= 15 is 0 Å². The van der Waals surface area contributed by atoms with Gasteiger partial charge in [0.15, 0.2) is 0 Å². The lowest BCUT2D eigenvalue weighted by Gasteiger charge is -2.40. The summed E-state index contributed by atoms with van der Waals surface area (Å²) in [7, 11) is -3.81. The number of carbonyl (C=O) groups is 1. The van der Waals surface area contributed by atoms with Crippen molar-refractivity contribution in [2.24, 2.45) is 0 Å². The molecule has 1 amide bonds. The molecule has 1 unspecified atom stereocenters. The zero-order valence-corrected chi connectivity index (χ0v) is 14.5. The van der Waals surface area contributed by atoms with E-state index in [0.29, 0.717) is 26.1 Å². The first kappa shape index (κ1) is 18.2. The van der Waals surface area contributed by atoms with Gasteiger partial charge < -0.3 is 10.2 Å². The summed E-state index contributed by atoms with van der Waals surface area (Å²) in [5.41, 5.74) is 0. The molecule has 0 radical (unpaired) electrons. The van der Waals surface area contributed by atoms with Gasteiger partial charge in [0.25, 0.3) is 6.43 Å². The van der Waals surface area contributed by atoms with Crippen LogP contribution in [0.3, 0.4) is 0 Å². The third-order valence-corrected chi connectivity index (χ3v) is 6.32. The molecule has 1 atom stereocenters. The van der Waals surface area contributed by atoms with Crippen LogP contribution in [0.1, 0.15) is 12.8 Å². The maximum atomic E-state index is 12.8. The van der Waals surface area contributed by atoms with Crippen molar-refractivity contribution in [3.63, 3.8) is 0 Å². The predicted molar refractivity (Wildman–Crippen MR) is 84.6 cm³/mol. The highest BCUT2D eigenvalue weighted by Crippen LogP contribution is 2.23. The zero-order valence-electron chi connectivity index (χ0n) is 13.6. The molecule has 1 aromatic rings. The van der Waals surface area contributed by atoms with E-state index in [4.69, 9.17) is 0 Å². The zero-order chi connectivity index (χ0) is 18.0. The summed E-state index contributed by atoms with van der Waals surface area (Å²) in [6.45, 7) is 1.43. The van der Waals surface area contributed by atoms with Gasteiger partial charge in [0, 0.05) is 38.4 Å². The molecule has 2 aliphatic heterocycles. The topological polar surface area (TPSA) is 87.5 Å². The molecule has 0 saturated carbocycles. The molecule has 25 heavy (non-hydrogen) atoms. The quantitative estimate of drug-likeness (QED) is 0.764. The summed E-state index contributed by atoms with van der Waals surface area (Å²) in [6.07, 6.45) is 1.01. The van der Waals surface area contributed by atoms with E-state index in [2.05, 4.69) is 10.4 Å². The number of nitrogens with one attached hydrogen (secondary N) is 1. The van der Waals surface area contributed by atoms with Gasteiger partial charge in [-0.3, -0.25) is 9.48 Å². The van der Waals surface area contributed by atoms with Crippen molar-refractivity contribution in [1.82, 2.24) is 24.3 Å². The average molecular weight is 377 g/mol. The van der Waals surface area contributed by atoms with Crippen LogP contribution in [0.4, 0.5) is 8.78 Å². The van der Waals surface area contributed by atoms with E-state index in [1.807, 2.05) is 0 Å². The van der Waals surface area contributed by atoms with Gasteiger partial charge in [-0.1, -0.05) is 0 Å². The maximum absolute atomic E-state index is 12.8. The molecule has 1 aromatic heterocycles. The van der Waals surface area contributed by atoms with E-state index in [1.54, 1.807) is 4.90 Å². The van der Waals surface area contributed by atoms with Crippen LogP contribution in [0.25, 0.3) is 0 Å². The Kier molecular flexibility index (Phi) is 5.35. The highest BCUT2D eigenvalue weighted by atomic mass is 32.2. The van der Waals surface area contributed by atoms with Crippen LogP contribution in [0.15, 0.2) is 17.3 Å². The van der Waals surface area contributed by atoms with E-state index in [9.17, 15) is 22.0 Å². The van der Waals surface area contributed by atoms with E-state index in [1.165, 1.54) is 4.31 Å². The second-order valence-electron chi connectivity index (χ2n) is 6.21. The number of hydrogen-bond donors (Lipinski definition) is 1. The Morgan fingerprint density at radius 3 is 2.88 bits per heavy atom. The van der Waals surface area contributed by atoms with Crippen molar-refractivity contribution in [2.75, 3.05) is 32.7 Å². The van der Waals surface area contributed by atoms with E-state index < -0.39 is 23.0 Å². The second-order valence-corrected chi connectivity index (χ2v) is 8.15. The van der Waals surface area contributed by atoms with Crippen LogP contribution in [-0.2, 0) is 21.4 Å². The first-order valence-electron chi connectivity index (χ1n) is 8.19. The van der Waals surface area contributed by atoms with Gasteiger partial charge in [0.2, 0.25) is 15.9 Å². The largest absolute Gasteiger partial charge is 0.336 e. The van der Waals surface area contributed by atoms with Gasteiger partial charge in [0.1, 0.15) is 11.4 Å². The number of rotatable bonds is 5. The summed E-state index contributed by atoms with van der Waals surface area (Å²) in [6, 6.07) is -0.158. The number of piperidine rings is 1. The minimum atomic E-state index is -3.81. The standard InChI is InChI=1S/C14H21F2N5O3S/c15-13(16)10-19-9-12(6-18-19)25(23,24)20-4-1-2-11(8-20)21-5-3-17-7-14(21)22/h6,9,11,13,17H,1-5,7-8,10H2. The van der Waals surface area contributed by atoms with Crippen molar-refractivity contribution in [3.8, 4) is 0 Å². The van der Waals surface area contributed by atoms with Crippen molar-refractivity contribution < 1.29 is 22.0 Å². The molecule has 11 heteroatoms. The van der Waals surface area contributed by atoms with Crippen LogP contribution in [0, 0.1) is 0 Å². The Bertz CT molecular complexity index is 724. The Hall–Kier alpha value is -1.59. The number of nitrogens with zero attached hydrogens (tertiary/aromatic N) is 4. The van der Waals surface area contributed by atoms with Crippen LogP contribution in [0.2, 0.25) is 0 Å². The number of aromatic nitrogens is 2. The molecular weight excluding hydrogens is 356 g/mol. The van der Waals surface area contributed by atoms with Gasteiger partial charge in [0.05, 0.1) is 12.7 Å². The van der Waals surface area contributed by atoms with Crippen molar-refractivity contribution >= 4 is 15.9 Å². The van der Waals surface area contributed by atoms with Crippen molar-refractivity contribution in [3.05, 3.63) is 12.4 Å². The molecule has 2 aliphatic rings. The number of alkyl halides is 2. The van der Waals surface area contributed by atoms with Gasteiger partial charge >= 0.3 is 0 Å². The van der Waals surface area contributed by atoms with Crippen LogP contribution < -0.4 is 5.32 Å². The number of hydrogen-bond acceptors (Lipinski definition) is 5. The monoisotopic (exact) mass is 377 g/mol. The summed E-state index contributed by atoms with van der Waals surface area (Å²) in [4.78, 5) is 13.7. The molecule has 0 aliphatic carbocycles. The molecule has 0 aromatic carbocycles. The lowest BCUT2D eigenvalue weighted by molar-refractivity contribution is -0.135. The molecule has 3 heterocycles. The fourth-order valence-corrected chi connectivity index (χ4v) is 4.74. The minimum Gasteiger partial charge on any atom is -0.336 e. The van der Waals surface area contributed by atoms with Crippen molar-refractivity contribution in [2.45, 2.75) is 36.7 Å². The Morgan fingerprint density at radius 1 is 1.36 bits per heavy atom. The highest BCUT2D eigenvalue weighted by molar-refractivity contribution is 7.89. The Morgan fingerprint density at radius 2 is 2.16 bits per heavy atom. The summed E-state index contributed by atoms with van der Waals surface area (Å²) >= 11 is 0. The normalized spacial score (nSPS) is 23.4. The summed E-state index contributed by atoms with van der Waals surface area (Å²) in [5.74, 6) is -0.0275. The first-order valence-corrected chi connectivity index (χ1v) is 9.63. The van der Waals surface area contributed by atoms with Crippen LogP contribution in [0.5, 0.6) is 0 Å². The molecule has 3 rings (SSSR count). The molecule has 2 saturated heterocycles. The molecule has 0 bridgehead atoms. The first-order chi connectivity index (χ1) is 11.9. The molecule has 1 N–H and O–H groups in total. The Balaban J connectivity index is 1.73. The number of piperazine rings is 1. The second kappa shape index (κ2) is 7.34. The van der Waals surface area contributed by atoms with Gasteiger partial charge in [-0.25, -0.2) is 17.2 Å². The fourth-order valence-electron chi connectivity index (χ4n) is 3.27. The third kappa shape index (κ3) is 3.98. The van der Waals surface area contributed by atoms with E-state index in [-0.39, 0.29) is 29.9 Å². The van der Waals surface area contributed by atoms with Gasteiger partial charge in [-0.2, -0.15) is 9.40 Å². The van der Waals surface area contributed by atoms with Gasteiger partial charge in [-0.05, 0) is 12.8 Å². The van der Waals surface area contributed by atoms with Crippen molar-refractivity contribution in [1.29, 1.82) is 0 Å². The lowest BCUT2D eigenvalue weighted by atomic mass is 10.1. The Labute approximate surface area is 144 Å². The van der Waals surface area contributed by atoms with Crippen LogP contribution >= 0.6 is 0 Å². The summed E-state index contributed by atoms with van der Waals surface area (Å²) < 4.78 is 52.6. The molecular formula is C14H21F2N5O3S. The number of halogens is 2. The van der Waals surface area contributed by atoms with E-state index in [0.717, 1.165) is 23.5 Å². The number of amides is 1. The maximum Gasteiger partial charge on any atom is 0.257 e. The molecule has 0 spiro atoms. The van der Waals surface area contributed by atoms with Crippen LogP contribution in [-0.4, -0.2) is 78.5 Å². The number of sulfonamides is 1. The molecule has 140 valence electrons. The number of carbonyl (C=O) groups excluding carboxylic acids is 1. The van der Waals surface area contributed by atoms with Gasteiger partial charge in [-0.15, -0.1) is 0 Å². The molecule has 8 nitrogen and oxygen atoms in total. The lowest BCUT2D eigenvalue weighted by Crippen LogP contribution is -2.57. The SMILES string of the molecule is O=C1CNCCN1C1CCCN(S(=O)(=O)c2cnn(CC(F)F)c2)C1. The minimum absolute atomic E-state index is 0.0275. The average Bonchev–Trinajstić information content (AvgIpc) is 3.04. The molecule has 2 fully saturated rings.